The zero-order valence-electron chi connectivity index (χ0n) is 14.0. The van der Waals surface area contributed by atoms with Gasteiger partial charge in [0, 0.05) is 18.7 Å². The maximum Gasteiger partial charge on any atom is 0.273 e. The Morgan fingerprint density at radius 1 is 1.33 bits per heavy atom. The topological polar surface area (TPSA) is 72.7 Å². The highest BCUT2D eigenvalue weighted by atomic mass is 16.6. The molecular formula is C18H24N2O4. The molecule has 1 aliphatic carbocycles. The minimum Gasteiger partial charge on any atom is -0.484 e. The Kier molecular flexibility index (Phi) is 5.02. The van der Waals surface area contributed by atoms with Gasteiger partial charge in [-0.3, -0.25) is 14.9 Å². The summed E-state index contributed by atoms with van der Waals surface area (Å²) in [7, 11) is 0. The number of amides is 1. The average molecular weight is 332 g/mol. The lowest BCUT2D eigenvalue weighted by atomic mass is 9.72. The zero-order valence-corrected chi connectivity index (χ0v) is 14.0. The summed E-state index contributed by atoms with van der Waals surface area (Å²) in [4.78, 5) is 24.9. The predicted molar refractivity (Wildman–Crippen MR) is 89.8 cm³/mol. The van der Waals surface area contributed by atoms with Gasteiger partial charge < -0.3 is 9.64 Å². The molecule has 0 aromatic heterocycles. The van der Waals surface area contributed by atoms with Crippen molar-refractivity contribution < 1.29 is 14.5 Å². The van der Waals surface area contributed by atoms with Crippen molar-refractivity contribution in [2.45, 2.75) is 45.1 Å². The quantitative estimate of drug-likeness (QED) is 0.626. The Labute approximate surface area is 141 Å². The van der Waals surface area contributed by atoms with Gasteiger partial charge in [0.1, 0.15) is 5.75 Å². The number of carbonyl (C=O) groups is 1. The molecular weight excluding hydrogens is 308 g/mol. The monoisotopic (exact) mass is 332 g/mol. The van der Waals surface area contributed by atoms with Crippen molar-refractivity contribution in [2.75, 3.05) is 13.2 Å². The average Bonchev–Trinajstić information content (AvgIpc) is 2.60. The molecule has 1 aliphatic heterocycles. The number of rotatable bonds is 4. The van der Waals surface area contributed by atoms with Crippen LogP contribution in [0.25, 0.3) is 0 Å². The van der Waals surface area contributed by atoms with Gasteiger partial charge >= 0.3 is 0 Å². The lowest BCUT2D eigenvalue weighted by Gasteiger charge is -2.47. The first-order valence-electron chi connectivity index (χ1n) is 8.73. The molecule has 1 saturated carbocycles. The van der Waals surface area contributed by atoms with E-state index in [1.807, 2.05) is 4.90 Å². The number of hydrogen-bond acceptors (Lipinski definition) is 4. The molecule has 130 valence electrons. The maximum absolute atomic E-state index is 12.6. The number of carbonyl (C=O) groups excluding carboxylic acids is 1. The molecule has 1 amide bonds. The number of nitro groups is 1. The number of nitrogens with zero attached hydrogens (tertiary/aromatic N) is 2. The van der Waals surface area contributed by atoms with Gasteiger partial charge in [-0.25, -0.2) is 0 Å². The van der Waals surface area contributed by atoms with E-state index in [9.17, 15) is 14.9 Å². The third-order valence-corrected chi connectivity index (χ3v) is 5.45. The third kappa shape index (κ3) is 3.52. The van der Waals surface area contributed by atoms with E-state index in [0.717, 1.165) is 19.4 Å². The fourth-order valence-electron chi connectivity index (χ4n) is 4.14. The molecule has 2 aliphatic rings. The molecule has 6 nitrogen and oxygen atoms in total. The summed E-state index contributed by atoms with van der Waals surface area (Å²) in [6.45, 7) is 3.03. The van der Waals surface area contributed by atoms with E-state index in [0.29, 0.717) is 23.6 Å². The van der Waals surface area contributed by atoms with Crippen molar-refractivity contribution in [3.05, 3.63) is 34.4 Å². The molecule has 1 heterocycles. The number of piperidine rings is 1. The minimum absolute atomic E-state index is 0.00898. The van der Waals surface area contributed by atoms with Gasteiger partial charge in [-0.1, -0.05) is 25.8 Å². The molecule has 1 aromatic rings. The van der Waals surface area contributed by atoms with E-state index in [-0.39, 0.29) is 18.2 Å². The van der Waals surface area contributed by atoms with Crippen molar-refractivity contribution in [1.29, 1.82) is 0 Å². The van der Waals surface area contributed by atoms with Gasteiger partial charge in [0.15, 0.2) is 6.61 Å². The van der Waals surface area contributed by atoms with Crippen LogP contribution in [0.2, 0.25) is 0 Å². The molecule has 0 unspecified atom stereocenters. The van der Waals surface area contributed by atoms with Gasteiger partial charge in [0.2, 0.25) is 0 Å². The first-order chi connectivity index (χ1) is 11.6. The fourth-order valence-corrected chi connectivity index (χ4v) is 4.14. The van der Waals surface area contributed by atoms with Crippen molar-refractivity contribution >= 4 is 11.6 Å². The lowest BCUT2D eigenvalue weighted by molar-refractivity contribution is -0.384. The van der Waals surface area contributed by atoms with Crippen LogP contribution in [0.15, 0.2) is 24.3 Å². The van der Waals surface area contributed by atoms with Crippen LogP contribution in [-0.2, 0) is 4.79 Å². The summed E-state index contributed by atoms with van der Waals surface area (Å²) in [6, 6.07) is 6.31. The Bertz CT molecular complexity index is 619. The normalized spacial score (nSPS) is 26.5. The van der Waals surface area contributed by atoms with Crippen LogP contribution in [0.3, 0.4) is 0 Å². The SMILES string of the molecule is C[C@@H]1CCN(C(=O)COc2cccc([N+](=O)[O-])c2)[C@H]2CCCC[C@@H]12. The molecule has 0 bridgehead atoms. The second kappa shape index (κ2) is 7.20. The second-order valence-electron chi connectivity index (χ2n) is 6.91. The Morgan fingerprint density at radius 3 is 2.92 bits per heavy atom. The van der Waals surface area contributed by atoms with Crippen LogP contribution in [-0.4, -0.2) is 34.9 Å². The first kappa shape index (κ1) is 16.7. The van der Waals surface area contributed by atoms with Gasteiger partial charge in [-0.15, -0.1) is 0 Å². The number of hydrogen-bond donors (Lipinski definition) is 0. The largest absolute Gasteiger partial charge is 0.484 e. The summed E-state index contributed by atoms with van der Waals surface area (Å²) < 4.78 is 5.52. The van der Waals surface area contributed by atoms with Gasteiger partial charge in [0.25, 0.3) is 11.6 Å². The first-order valence-corrected chi connectivity index (χ1v) is 8.73. The minimum atomic E-state index is -0.465. The summed E-state index contributed by atoms with van der Waals surface area (Å²) in [5.74, 6) is 1.64. The Hall–Kier alpha value is -2.11. The van der Waals surface area contributed by atoms with E-state index in [4.69, 9.17) is 4.74 Å². The van der Waals surface area contributed by atoms with Crippen molar-refractivity contribution in [3.63, 3.8) is 0 Å². The van der Waals surface area contributed by atoms with Crippen LogP contribution >= 0.6 is 0 Å². The maximum atomic E-state index is 12.6. The number of non-ortho nitro benzene ring substituents is 1. The molecule has 3 rings (SSSR count). The van der Waals surface area contributed by atoms with Crippen molar-refractivity contribution in [3.8, 4) is 5.75 Å². The van der Waals surface area contributed by atoms with Crippen LogP contribution < -0.4 is 4.74 Å². The second-order valence-corrected chi connectivity index (χ2v) is 6.91. The lowest BCUT2D eigenvalue weighted by Crippen LogP contribution is -2.53. The summed E-state index contributed by atoms with van der Waals surface area (Å²) >= 11 is 0. The van der Waals surface area contributed by atoms with Gasteiger partial charge in [-0.05, 0) is 37.2 Å². The molecule has 1 saturated heterocycles. The summed E-state index contributed by atoms with van der Waals surface area (Å²) in [6.07, 6.45) is 5.78. The number of likely N-dealkylation sites (tertiary alicyclic amines) is 1. The van der Waals surface area contributed by atoms with Crippen LogP contribution in [0.5, 0.6) is 5.75 Å². The highest BCUT2D eigenvalue weighted by Crippen LogP contribution is 2.38. The number of ether oxygens (including phenoxy) is 1. The highest BCUT2D eigenvalue weighted by molar-refractivity contribution is 5.78. The standard InChI is InChI=1S/C18H24N2O4/c1-13-9-10-19(17-8-3-2-7-16(13)17)18(21)12-24-15-6-4-5-14(11-15)20(22)23/h4-6,11,13,16-17H,2-3,7-10,12H2,1H3/t13-,16+,17+/m1/s1. The molecule has 1 aromatic carbocycles. The molecule has 24 heavy (non-hydrogen) atoms. The smallest absolute Gasteiger partial charge is 0.273 e. The third-order valence-electron chi connectivity index (χ3n) is 5.45. The summed E-state index contributed by atoms with van der Waals surface area (Å²) in [5, 5.41) is 10.8. The number of nitro benzene ring substituents is 1. The van der Waals surface area contributed by atoms with Crippen LogP contribution in [0.1, 0.15) is 39.0 Å². The highest BCUT2D eigenvalue weighted by Gasteiger charge is 2.39. The van der Waals surface area contributed by atoms with Crippen LogP contribution in [0.4, 0.5) is 5.69 Å². The van der Waals surface area contributed by atoms with E-state index >= 15 is 0 Å². The Balaban J connectivity index is 1.62. The van der Waals surface area contributed by atoms with Gasteiger partial charge in [0.05, 0.1) is 11.0 Å². The van der Waals surface area contributed by atoms with E-state index in [1.165, 1.54) is 31.4 Å². The molecule has 2 fully saturated rings. The van der Waals surface area contributed by atoms with E-state index in [2.05, 4.69) is 6.92 Å². The fraction of sp³-hybridized carbons (Fsp3) is 0.611. The van der Waals surface area contributed by atoms with Crippen molar-refractivity contribution in [1.82, 2.24) is 4.90 Å². The Morgan fingerprint density at radius 2 is 2.12 bits per heavy atom. The van der Waals surface area contributed by atoms with Crippen molar-refractivity contribution in [2.24, 2.45) is 11.8 Å². The van der Waals surface area contributed by atoms with Crippen LogP contribution in [0, 0.1) is 22.0 Å². The molecule has 0 N–H and O–H groups in total. The van der Waals surface area contributed by atoms with E-state index in [1.54, 1.807) is 12.1 Å². The molecule has 3 atom stereocenters. The number of benzene rings is 1. The molecule has 6 heteroatoms. The van der Waals surface area contributed by atoms with E-state index < -0.39 is 4.92 Å². The van der Waals surface area contributed by atoms with Gasteiger partial charge in [-0.2, -0.15) is 0 Å². The number of fused-ring (bicyclic) bond motifs is 1. The molecule has 0 radical (unpaired) electrons. The predicted octanol–water partition coefficient (Wildman–Crippen LogP) is 3.40. The zero-order chi connectivity index (χ0) is 17.1. The summed E-state index contributed by atoms with van der Waals surface area (Å²) in [5.41, 5.74) is -0.0286. The molecule has 0 spiro atoms.